The van der Waals surface area contributed by atoms with Crippen LogP contribution in [0.15, 0.2) is 30.5 Å². The van der Waals surface area contributed by atoms with Gasteiger partial charge in [0, 0.05) is 6.20 Å². The molecule has 0 amide bonds. The van der Waals surface area contributed by atoms with Gasteiger partial charge in [-0.05, 0) is 24.1 Å². The molecule has 0 bridgehead atoms. The first-order chi connectivity index (χ1) is 7.79. The number of hydrogen-bond acceptors (Lipinski definition) is 4. The Hall–Kier alpha value is -1.55. The van der Waals surface area contributed by atoms with Crippen LogP contribution in [0.1, 0.15) is 13.3 Å². The molecule has 0 saturated heterocycles. The highest BCUT2D eigenvalue weighted by Crippen LogP contribution is 2.29. The fraction of sp³-hybridized carbons (Fsp3) is 0.250. The summed E-state index contributed by atoms with van der Waals surface area (Å²) in [5.41, 5.74) is 6.71. The zero-order chi connectivity index (χ0) is 11.4. The molecule has 0 aliphatic carbocycles. The fourth-order valence-corrected chi connectivity index (χ4v) is 2.06. The fourth-order valence-electron chi connectivity index (χ4n) is 1.38. The lowest BCUT2D eigenvalue weighted by molar-refractivity contribution is 0.317. The van der Waals surface area contributed by atoms with Gasteiger partial charge >= 0.3 is 0 Å². The van der Waals surface area contributed by atoms with Crippen molar-refractivity contribution in [3.05, 3.63) is 30.5 Å². The zero-order valence-corrected chi connectivity index (χ0v) is 9.96. The van der Waals surface area contributed by atoms with E-state index < -0.39 is 0 Å². The minimum atomic E-state index is 0.592. The molecule has 0 unspecified atom stereocenters. The second-order valence-electron chi connectivity index (χ2n) is 3.44. The first-order valence-electron chi connectivity index (χ1n) is 5.24. The summed E-state index contributed by atoms with van der Waals surface area (Å²) < 4.78 is 5.58. The largest absolute Gasteiger partial charge is 0.494 e. The lowest BCUT2D eigenvalue weighted by Crippen LogP contribution is -1.94. The molecule has 0 saturated carbocycles. The van der Waals surface area contributed by atoms with Gasteiger partial charge < -0.3 is 10.5 Å². The summed E-state index contributed by atoms with van der Waals surface area (Å²) in [6.07, 6.45) is 2.80. The first-order valence-corrected chi connectivity index (χ1v) is 6.06. The molecule has 1 aromatic carbocycles. The van der Waals surface area contributed by atoms with E-state index in [1.807, 2.05) is 24.3 Å². The monoisotopic (exact) mass is 234 g/mol. The molecule has 2 N–H and O–H groups in total. The van der Waals surface area contributed by atoms with E-state index in [9.17, 15) is 0 Å². The Morgan fingerprint density at radius 2 is 2.31 bits per heavy atom. The van der Waals surface area contributed by atoms with Crippen LogP contribution in [-0.4, -0.2) is 11.6 Å². The van der Waals surface area contributed by atoms with Crippen LogP contribution in [0.5, 0.6) is 5.75 Å². The van der Waals surface area contributed by atoms with Crippen LogP contribution in [0.25, 0.3) is 10.4 Å². The maximum Gasteiger partial charge on any atom is 0.180 e. The molecule has 0 spiro atoms. The first kappa shape index (κ1) is 11.0. The predicted molar refractivity (Wildman–Crippen MR) is 67.7 cm³/mol. The van der Waals surface area contributed by atoms with Crippen molar-refractivity contribution in [2.45, 2.75) is 13.3 Å². The van der Waals surface area contributed by atoms with Crippen LogP contribution in [0, 0.1) is 0 Å². The summed E-state index contributed by atoms with van der Waals surface area (Å²) in [6, 6.07) is 7.99. The van der Waals surface area contributed by atoms with Crippen LogP contribution < -0.4 is 10.5 Å². The molecule has 0 fully saturated rings. The molecular formula is C12H14N2OS. The second-order valence-corrected chi connectivity index (χ2v) is 4.50. The lowest BCUT2D eigenvalue weighted by atomic mass is 10.2. The van der Waals surface area contributed by atoms with Crippen molar-refractivity contribution < 1.29 is 4.74 Å². The molecule has 0 atom stereocenters. The molecule has 1 heterocycles. The standard InChI is InChI=1S/C12H14N2OS/c1-2-6-15-10-5-3-4-9(7-10)11-8-14-12(13)16-11/h3-5,7-8H,2,6H2,1H3,(H2,13,14). The van der Waals surface area contributed by atoms with Gasteiger partial charge in [0.25, 0.3) is 0 Å². The number of hydrogen-bond donors (Lipinski definition) is 1. The van der Waals surface area contributed by atoms with Gasteiger partial charge in [0.15, 0.2) is 5.13 Å². The van der Waals surface area contributed by atoms with Crippen LogP contribution in [0.2, 0.25) is 0 Å². The minimum Gasteiger partial charge on any atom is -0.494 e. The van der Waals surface area contributed by atoms with Crippen molar-refractivity contribution in [2.24, 2.45) is 0 Å². The molecule has 1 aromatic heterocycles. The van der Waals surface area contributed by atoms with Gasteiger partial charge in [-0.2, -0.15) is 0 Å². The third kappa shape index (κ3) is 2.52. The molecule has 16 heavy (non-hydrogen) atoms. The molecule has 0 aliphatic rings. The number of anilines is 1. The van der Waals surface area contributed by atoms with Gasteiger partial charge in [0.2, 0.25) is 0 Å². The average molecular weight is 234 g/mol. The molecule has 3 nitrogen and oxygen atoms in total. The number of nitrogen functional groups attached to an aromatic ring is 1. The molecule has 0 radical (unpaired) electrons. The molecular weight excluding hydrogens is 220 g/mol. The Labute approximate surface area is 98.9 Å². The number of nitrogens with zero attached hydrogens (tertiary/aromatic N) is 1. The van der Waals surface area contributed by atoms with Gasteiger partial charge in [-0.25, -0.2) is 4.98 Å². The number of ether oxygens (including phenoxy) is 1. The SMILES string of the molecule is CCCOc1cccc(-c2cnc(N)s2)c1. The van der Waals surface area contributed by atoms with Crippen LogP contribution >= 0.6 is 11.3 Å². The van der Waals surface area contributed by atoms with E-state index in [1.54, 1.807) is 6.20 Å². The Kier molecular flexibility index (Phi) is 3.41. The molecule has 2 aromatic rings. The number of aromatic nitrogens is 1. The number of nitrogens with two attached hydrogens (primary N) is 1. The normalized spacial score (nSPS) is 10.3. The van der Waals surface area contributed by atoms with Crippen molar-refractivity contribution in [3.8, 4) is 16.2 Å². The van der Waals surface area contributed by atoms with Gasteiger partial charge in [-0.3, -0.25) is 0 Å². The highest BCUT2D eigenvalue weighted by Gasteiger charge is 2.03. The summed E-state index contributed by atoms with van der Waals surface area (Å²) in [7, 11) is 0. The van der Waals surface area contributed by atoms with E-state index in [1.165, 1.54) is 11.3 Å². The van der Waals surface area contributed by atoms with Crippen molar-refractivity contribution in [3.63, 3.8) is 0 Å². The summed E-state index contributed by atoms with van der Waals surface area (Å²) in [5, 5.41) is 0.592. The third-order valence-electron chi connectivity index (χ3n) is 2.11. The average Bonchev–Trinajstić information content (AvgIpc) is 2.74. The Balaban J connectivity index is 2.22. The van der Waals surface area contributed by atoms with E-state index >= 15 is 0 Å². The Morgan fingerprint density at radius 3 is 3.00 bits per heavy atom. The predicted octanol–water partition coefficient (Wildman–Crippen LogP) is 3.18. The maximum absolute atomic E-state index is 5.61. The maximum atomic E-state index is 5.61. The summed E-state index contributed by atoms with van der Waals surface area (Å²) in [5.74, 6) is 0.895. The summed E-state index contributed by atoms with van der Waals surface area (Å²) in [6.45, 7) is 2.84. The number of rotatable bonds is 4. The Bertz CT molecular complexity index is 468. The molecule has 2 rings (SSSR count). The van der Waals surface area contributed by atoms with Crippen LogP contribution in [0.3, 0.4) is 0 Å². The second kappa shape index (κ2) is 4.99. The minimum absolute atomic E-state index is 0.592. The summed E-state index contributed by atoms with van der Waals surface area (Å²) >= 11 is 1.48. The van der Waals surface area contributed by atoms with E-state index in [0.717, 1.165) is 29.2 Å². The van der Waals surface area contributed by atoms with E-state index in [-0.39, 0.29) is 0 Å². The van der Waals surface area contributed by atoms with Gasteiger partial charge in [0.1, 0.15) is 5.75 Å². The van der Waals surface area contributed by atoms with Gasteiger partial charge in [-0.15, -0.1) is 0 Å². The van der Waals surface area contributed by atoms with Crippen molar-refractivity contribution in [2.75, 3.05) is 12.3 Å². The van der Waals surface area contributed by atoms with Crippen LogP contribution in [-0.2, 0) is 0 Å². The van der Waals surface area contributed by atoms with E-state index in [4.69, 9.17) is 10.5 Å². The Morgan fingerprint density at radius 1 is 1.44 bits per heavy atom. The van der Waals surface area contributed by atoms with Crippen LogP contribution in [0.4, 0.5) is 5.13 Å². The van der Waals surface area contributed by atoms with Crippen molar-refractivity contribution >= 4 is 16.5 Å². The highest BCUT2D eigenvalue weighted by atomic mass is 32.1. The molecule has 0 aliphatic heterocycles. The van der Waals surface area contributed by atoms with E-state index in [2.05, 4.69) is 11.9 Å². The molecule has 4 heteroatoms. The van der Waals surface area contributed by atoms with Crippen molar-refractivity contribution in [1.82, 2.24) is 4.98 Å². The quantitative estimate of drug-likeness (QED) is 0.883. The third-order valence-corrected chi connectivity index (χ3v) is 2.99. The lowest BCUT2D eigenvalue weighted by Gasteiger charge is -2.05. The van der Waals surface area contributed by atoms with E-state index in [0.29, 0.717) is 5.13 Å². The number of thiazole rings is 1. The highest BCUT2D eigenvalue weighted by molar-refractivity contribution is 7.18. The topological polar surface area (TPSA) is 48.1 Å². The van der Waals surface area contributed by atoms with Gasteiger partial charge in [-0.1, -0.05) is 30.4 Å². The summed E-state index contributed by atoms with van der Waals surface area (Å²) in [4.78, 5) is 5.11. The smallest absolute Gasteiger partial charge is 0.180 e. The van der Waals surface area contributed by atoms with Gasteiger partial charge in [0.05, 0.1) is 11.5 Å². The molecule has 84 valence electrons. The zero-order valence-electron chi connectivity index (χ0n) is 9.14. The number of benzene rings is 1. The van der Waals surface area contributed by atoms with Crippen molar-refractivity contribution in [1.29, 1.82) is 0 Å².